The number of thiophene rings is 1. The van der Waals surface area contributed by atoms with Crippen LogP contribution in [0.4, 0.5) is 0 Å². The standard InChI is InChI=1S/C36H28S/c1-3-27-15-21-31(22-16-27)35-33(25-19-29-11-7-5-8-12-29)34(26-20-30-13-9-6-10-14-30)36(37-35)32-23-17-28(4-2)18-24-32/h5-18,21-24H,3-4H2,1-2H3. The van der Waals surface area contributed by atoms with Crippen molar-refractivity contribution in [3.63, 3.8) is 0 Å². The maximum absolute atomic E-state index is 3.53. The van der Waals surface area contributed by atoms with Gasteiger partial charge in [-0.2, -0.15) is 0 Å². The van der Waals surface area contributed by atoms with Crippen LogP contribution in [0.25, 0.3) is 20.9 Å². The fourth-order valence-electron chi connectivity index (χ4n) is 4.17. The van der Waals surface area contributed by atoms with Gasteiger partial charge in [0.05, 0.1) is 20.9 Å². The van der Waals surface area contributed by atoms with Crippen LogP contribution in [-0.2, 0) is 12.8 Å². The van der Waals surface area contributed by atoms with Crippen molar-refractivity contribution in [1.82, 2.24) is 0 Å². The second-order valence-electron chi connectivity index (χ2n) is 8.84. The van der Waals surface area contributed by atoms with Gasteiger partial charge in [-0.05, 0) is 59.4 Å². The predicted octanol–water partition coefficient (Wildman–Crippen LogP) is 9.01. The van der Waals surface area contributed by atoms with E-state index in [4.69, 9.17) is 0 Å². The van der Waals surface area contributed by atoms with Crippen LogP contribution in [0.3, 0.4) is 0 Å². The zero-order valence-electron chi connectivity index (χ0n) is 21.2. The van der Waals surface area contributed by atoms with Crippen LogP contribution in [0.5, 0.6) is 0 Å². The SMILES string of the molecule is CCc1ccc(-c2sc(-c3ccc(CC)cc3)c(C#Cc3ccccc3)c2C#Cc2ccccc2)cc1. The fourth-order valence-corrected chi connectivity index (χ4v) is 5.39. The van der Waals surface area contributed by atoms with Gasteiger partial charge < -0.3 is 0 Å². The van der Waals surface area contributed by atoms with Crippen LogP contribution in [0.2, 0.25) is 0 Å². The molecule has 0 radical (unpaired) electrons. The molecule has 5 rings (SSSR count). The van der Waals surface area contributed by atoms with Crippen LogP contribution < -0.4 is 0 Å². The average Bonchev–Trinajstić information content (AvgIpc) is 3.34. The smallest absolute Gasteiger partial charge is 0.0598 e. The molecule has 0 unspecified atom stereocenters. The molecule has 1 heterocycles. The quantitative estimate of drug-likeness (QED) is 0.220. The summed E-state index contributed by atoms with van der Waals surface area (Å²) in [4.78, 5) is 2.33. The number of hydrogen-bond donors (Lipinski definition) is 0. The van der Waals surface area contributed by atoms with Gasteiger partial charge >= 0.3 is 0 Å². The Morgan fingerprint density at radius 3 is 1.19 bits per heavy atom. The molecule has 37 heavy (non-hydrogen) atoms. The normalized spacial score (nSPS) is 10.2. The van der Waals surface area contributed by atoms with E-state index in [-0.39, 0.29) is 0 Å². The topological polar surface area (TPSA) is 0 Å². The van der Waals surface area contributed by atoms with Crippen LogP contribution in [0, 0.1) is 23.7 Å². The molecule has 0 atom stereocenters. The largest absolute Gasteiger partial charge is 0.132 e. The molecule has 0 fully saturated rings. The lowest BCUT2D eigenvalue weighted by Gasteiger charge is -2.02. The maximum Gasteiger partial charge on any atom is 0.0598 e. The second kappa shape index (κ2) is 11.6. The molecule has 0 bridgehead atoms. The van der Waals surface area contributed by atoms with Crippen LogP contribution in [-0.4, -0.2) is 0 Å². The third-order valence-electron chi connectivity index (χ3n) is 6.37. The zero-order valence-corrected chi connectivity index (χ0v) is 22.0. The first kappa shape index (κ1) is 24.4. The monoisotopic (exact) mass is 492 g/mol. The molecule has 0 saturated carbocycles. The van der Waals surface area contributed by atoms with Gasteiger partial charge in [0, 0.05) is 11.1 Å². The van der Waals surface area contributed by atoms with E-state index in [0.717, 1.165) is 44.8 Å². The van der Waals surface area contributed by atoms with Crippen molar-refractivity contribution in [3.05, 3.63) is 143 Å². The summed E-state index contributed by atoms with van der Waals surface area (Å²) < 4.78 is 0. The van der Waals surface area contributed by atoms with Gasteiger partial charge in [0.25, 0.3) is 0 Å². The van der Waals surface area contributed by atoms with Gasteiger partial charge in [-0.1, -0.05) is 122 Å². The molecule has 0 aliphatic carbocycles. The Morgan fingerprint density at radius 1 is 0.459 bits per heavy atom. The Hall–Kier alpha value is -4.30. The summed E-state index contributed by atoms with van der Waals surface area (Å²) in [7, 11) is 0. The predicted molar refractivity (Wildman–Crippen MR) is 159 cm³/mol. The summed E-state index contributed by atoms with van der Waals surface area (Å²) in [5.41, 5.74) is 9.01. The van der Waals surface area contributed by atoms with Gasteiger partial charge in [0.1, 0.15) is 0 Å². The molecule has 0 nitrogen and oxygen atoms in total. The van der Waals surface area contributed by atoms with Crippen LogP contribution in [0.1, 0.15) is 47.2 Å². The Kier molecular flexibility index (Phi) is 7.66. The third-order valence-corrected chi connectivity index (χ3v) is 7.66. The molecule has 5 aromatic rings. The lowest BCUT2D eigenvalue weighted by atomic mass is 9.99. The molecular formula is C36H28S. The number of benzene rings is 4. The van der Waals surface area contributed by atoms with Crippen molar-refractivity contribution in [3.8, 4) is 44.6 Å². The Bertz CT molecular complexity index is 1470. The highest BCUT2D eigenvalue weighted by Gasteiger charge is 2.19. The van der Waals surface area contributed by atoms with E-state index in [0.29, 0.717) is 0 Å². The van der Waals surface area contributed by atoms with Crippen molar-refractivity contribution >= 4 is 11.3 Å². The van der Waals surface area contributed by atoms with Crippen LogP contribution >= 0.6 is 11.3 Å². The highest BCUT2D eigenvalue weighted by atomic mass is 32.1. The summed E-state index contributed by atoms with van der Waals surface area (Å²) >= 11 is 1.78. The molecular weight excluding hydrogens is 464 g/mol. The van der Waals surface area contributed by atoms with Gasteiger partial charge in [-0.15, -0.1) is 11.3 Å². The van der Waals surface area contributed by atoms with E-state index in [9.17, 15) is 0 Å². The number of rotatable bonds is 4. The number of aryl methyl sites for hydroxylation is 2. The molecule has 4 aromatic carbocycles. The Balaban J connectivity index is 1.75. The average molecular weight is 493 g/mol. The van der Waals surface area contributed by atoms with Crippen molar-refractivity contribution in [2.75, 3.05) is 0 Å². The summed E-state index contributed by atoms with van der Waals surface area (Å²) in [6.07, 6.45) is 2.04. The minimum Gasteiger partial charge on any atom is -0.132 e. The highest BCUT2D eigenvalue weighted by molar-refractivity contribution is 7.19. The van der Waals surface area contributed by atoms with Gasteiger partial charge in [-0.25, -0.2) is 0 Å². The van der Waals surface area contributed by atoms with Gasteiger partial charge in [0.2, 0.25) is 0 Å². The molecule has 0 aliphatic heterocycles. The molecule has 1 aromatic heterocycles. The van der Waals surface area contributed by atoms with E-state index >= 15 is 0 Å². The first-order valence-electron chi connectivity index (χ1n) is 12.7. The molecule has 0 N–H and O–H groups in total. The fraction of sp³-hybridized carbons (Fsp3) is 0.111. The molecule has 0 spiro atoms. The van der Waals surface area contributed by atoms with E-state index in [1.165, 1.54) is 22.3 Å². The molecule has 0 aliphatic rings. The summed E-state index contributed by atoms with van der Waals surface area (Å²) in [6.45, 7) is 4.37. The molecule has 0 saturated heterocycles. The van der Waals surface area contributed by atoms with Crippen LogP contribution in [0.15, 0.2) is 109 Å². The van der Waals surface area contributed by atoms with E-state index in [1.54, 1.807) is 11.3 Å². The molecule has 178 valence electrons. The van der Waals surface area contributed by atoms with Crippen molar-refractivity contribution < 1.29 is 0 Å². The van der Waals surface area contributed by atoms with E-state index in [1.807, 2.05) is 36.4 Å². The number of hydrogen-bond acceptors (Lipinski definition) is 1. The van der Waals surface area contributed by atoms with E-state index in [2.05, 4.69) is 110 Å². The van der Waals surface area contributed by atoms with Crippen molar-refractivity contribution in [2.24, 2.45) is 0 Å². The van der Waals surface area contributed by atoms with E-state index < -0.39 is 0 Å². The first-order chi connectivity index (χ1) is 18.2. The summed E-state index contributed by atoms with van der Waals surface area (Å²) in [5.74, 6) is 13.9. The lowest BCUT2D eigenvalue weighted by molar-refractivity contribution is 1.14. The molecule has 0 amide bonds. The van der Waals surface area contributed by atoms with Gasteiger partial charge in [0.15, 0.2) is 0 Å². The van der Waals surface area contributed by atoms with Crippen molar-refractivity contribution in [2.45, 2.75) is 26.7 Å². The summed E-state index contributed by atoms with van der Waals surface area (Å²) in [5, 5.41) is 0. The Labute approximate surface area is 224 Å². The minimum absolute atomic E-state index is 0.996. The first-order valence-corrected chi connectivity index (χ1v) is 13.6. The Morgan fingerprint density at radius 2 is 0.838 bits per heavy atom. The third kappa shape index (κ3) is 5.76. The lowest BCUT2D eigenvalue weighted by Crippen LogP contribution is -1.86. The summed E-state index contributed by atoms with van der Waals surface area (Å²) in [6, 6.07) is 38.1. The zero-order chi connectivity index (χ0) is 25.5. The second-order valence-corrected chi connectivity index (χ2v) is 9.86. The highest BCUT2D eigenvalue weighted by Crippen LogP contribution is 2.42. The van der Waals surface area contributed by atoms with Crippen molar-refractivity contribution in [1.29, 1.82) is 0 Å². The molecule has 1 heteroatoms. The van der Waals surface area contributed by atoms with Gasteiger partial charge in [-0.3, -0.25) is 0 Å². The maximum atomic E-state index is 3.53. The minimum atomic E-state index is 0.996.